The van der Waals surface area contributed by atoms with Gasteiger partial charge in [-0.1, -0.05) is 6.92 Å². The van der Waals surface area contributed by atoms with Crippen LogP contribution in [0.5, 0.6) is 0 Å². The van der Waals surface area contributed by atoms with Gasteiger partial charge < -0.3 is 15.3 Å². The van der Waals surface area contributed by atoms with E-state index in [-0.39, 0.29) is 6.10 Å². The van der Waals surface area contributed by atoms with Crippen LogP contribution in [0.1, 0.15) is 26.2 Å². The van der Waals surface area contributed by atoms with E-state index in [1.54, 1.807) is 11.3 Å². The van der Waals surface area contributed by atoms with E-state index in [0.717, 1.165) is 48.4 Å². The van der Waals surface area contributed by atoms with Crippen molar-refractivity contribution in [2.75, 3.05) is 30.4 Å². The van der Waals surface area contributed by atoms with E-state index in [2.05, 4.69) is 45.6 Å². The van der Waals surface area contributed by atoms with Gasteiger partial charge in [0, 0.05) is 20.1 Å². The van der Waals surface area contributed by atoms with E-state index < -0.39 is 0 Å². The average Bonchev–Trinajstić information content (AvgIpc) is 2.90. The summed E-state index contributed by atoms with van der Waals surface area (Å²) in [6.45, 7) is 3.95. The molecule has 0 atom stereocenters. The lowest BCUT2D eigenvalue weighted by molar-refractivity contribution is 0.0464. The Balaban J connectivity index is 1.82. The molecule has 1 saturated carbocycles. The fourth-order valence-corrected chi connectivity index (χ4v) is 3.53. The Bertz CT molecular complexity index is 609. The topological polar surface area (TPSA) is 61.3 Å². The number of thiophene rings is 1. The zero-order chi connectivity index (χ0) is 14.8. The zero-order valence-corrected chi connectivity index (χ0v) is 13.4. The van der Waals surface area contributed by atoms with E-state index >= 15 is 0 Å². The van der Waals surface area contributed by atoms with Crippen LogP contribution >= 0.6 is 11.3 Å². The number of anilines is 2. The smallest absolute Gasteiger partial charge is 0.226 e. The molecule has 2 heterocycles. The number of aliphatic hydroxyl groups is 1. The quantitative estimate of drug-likeness (QED) is 0.859. The summed E-state index contributed by atoms with van der Waals surface area (Å²) in [5, 5.41) is 15.9. The summed E-state index contributed by atoms with van der Waals surface area (Å²) in [7, 11) is 2.08. The maximum atomic E-state index is 9.43. The van der Waals surface area contributed by atoms with Crippen molar-refractivity contribution in [2.45, 2.75) is 32.3 Å². The van der Waals surface area contributed by atoms with Gasteiger partial charge in [0.2, 0.25) is 5.95 Å². The molecule has 2 aromatic rings. The molecule has 0 aliphatic heterocycles. The highest BCUT2D eigenvalue weighted by atomic mass is 32.1. The first-order valence-corrected chi connectivity index (χ1v) is 8.43. The van der Waals surface area contributed by atoms with Gasteiger partial charge in [0.05, 0.1) is 11.5 Å². The highest BCUT2D eigenvalue weighted by Crippen LogP contribution is 2.32. The van der Waals surface area contributed by atoms with Gasteiger partial charge in [-0.05, 0) is 36.6 Å². The molecule has 0 amide bonds. The van der Waals surface area contributed by atoms with Crippen molar-refractivity contribution in [1.29, 1.82) is 0 Å². The van der Waals surface area contributed by atoms with Crippen LogP contribution in [0.2, 0.25) is 0 Å². The highest BCUT2D eigenvalue weighted by molar-refractivity contribution is 7.16. The third-order valence-corrected chi connectivity index (χ3v) is 4.75. The second-order valence-corrected chi connectivity index (χ2v) is 6.70. The molecule has 0 radical (unpaired) electrons. The van der Waals surface area contributed by atoms with Crippen molar-refractivity contribution in [3.63, 3.8) is 0 Å². The fraction of sp³-hybridized carbons (Fsp3) is 0.600. The summed E-state index contributed by atoms with van der Waals surface area (Å²) in [4.78, 5) is 12.5. The molecule has 0 bridgehead atoms. The molecule has 2 aromatic heterocycles. The minimum absolute atomic E-state index is 0.100. The molecule has 0 spiro atoms. The zero-order valence-electron chi connectivity index (χ0n) is 12.5. The lowest BCUT2D eigenvalue weighted by atomic mass is 9.82. The van der Waals surface area contributed by atoms with Gasteiger partial charge in [-0.3, -0.25) is 0 Å². The molecule has 21 heavy (non-hydrogen) atoms. The minimum atomic E-state index is -0.100. The number of aliphatic hydroxyl groups excluding tert-OH is 1. The van der Waals surface area contributed by atoms with Gasteiger partial charge >= 0.3 is 0 Å². The van der Waals surface area contributed by atoms with E-state index in [9.17, 15) is 5.11 Å². The molecule has 2 N–H and O–H groups in total. The minimum Gasteiger partial charge on any atom is -0.393 e. The lowest BCUT2D eigenvalue weighted by Crippen LogP contribution is -2.37. The maximum absolute atomic E-state index is 9.43. The second-order valence-electron chi connectivity index (χ2n) is 5.81. The van der Waals surface area contributed by atoms with Crippen LogP contribution in [0.4, 0.5) is 11.8 Å². The van der Waals surface area contributed by atoms with Gasteiger partial charge in [0.1, 0.15) is 10.6 Å². The summed E-state index contributed by atoms with van der Waals surface area (Å²) in [6, 6.07) is 2.09. The number of nitrogens with one attached hydrogen (secondary N) is 1. The molecule has 0 unspecified atom stereocenters. The summed E-state index contributed by atoms with van der Waals surface area (Å²) in [5.74, 6) is 2.27. The molecule has 1 aliphatic carbocycles. The molecular weight excluding hydrogens is 284 g/mol. The Hall–Kier alpha value is -1.40. The Morgan fingerprint density at radius 1 is 1.43 bits per heavy atom. The number of hydrogen-bond acceptors (Lipinski definition) is 6. The van der Waals surface area contributed by atoms with Crippen LogP contribution in [0.3, 0.4) is 0 Å². The van der Waals surface area contributed by atoms with Crippen LogP contribution in [0, 0.1) is 5.92 Å². The predicted octanol–water partition coefficient (Wildman–Crippen LogP) is 2.72. The van der Waals surface area contributed by atoms with Gasteiger partial charge in [-0.15, -0.1) is 11.3 Å². The number of fused-ring (bicyclic) bond motifs is 1. The Kier molecular flexibility index (Phi) is 4.26. The van der Waals surface area contributed by atoms with Gasteiger partial charge in [0.15, 0.2) is 0 Å². The van der Waals surface area contributed by atoms with Gasteiger partial charge in [-0.25, -0.2) is 4.98 Å². The molecule has 0 aromatic carbocycles. The largest absolute Gasteiger partial charge is 0.393 e. The first-order valence-electron chi connectivity index (χ1n) is 7.55. The molecule has 114 valence electrons. The number of rotatable bonds is 6. The Morgan fingerprint density at radius 3 is 2.95 bits per heavy atom. The van der Waals surface area contributed by atoms with Crippen LogP contribution in [0.25, 0.3) is 10.2 Å². The van der Waals surface area contributed by atoms with Crippen molar-refractivity contribution in [3.8, 4) is 0 Å². The Labute approximate surface area is 129 Å². The normalized spacial score (nSPS) is 21.3. The molecule has 5 nitrogen and oxygen atoms in total. The van der Waals surface area contributed by atoms with E-state index in [4.69, 9.17) is 0 Å². The van der Waals surface area contributed by atoms with Crippen molar-refractivity contribution in [2.24, 2.45) is 5.92 Å². The standard InChI is InChI=1S/C15H22N4OS/c1-3-5-16-15-17-13(12-4-6-21-14(12)18-15)19(2)9-10-7-11(20)8-10/h4,6,10-11,20H,3,5,7-9H2,1-2H3,(H,16,17,18). The first-order chi connectivity index (χ1) is 10.2. The fourth-order valence-electron chi connectivity index (χ4n) is 2.77. The van der Waals surface area contributed by atoms with Gasteiger partial charge in [0.25, 0.3) is 0 Å². The molecular formula is C15H22N4OS. The molecule has 3 rings (SSSR count). The second kappa shape index (κ2) is 6.15. The monoisotopic (exact) mass is 306 g/mol. The van der Waals surface area contributed by atoms with E-state index in [0.29, 0.717) is 11.9 Å². The van der Waals surface area contributed by atoms with Crippen LogP contribution in [-0.4, -0.2) is 41.3 Å². The molecule has 1 aliphatic rings. The maximum Gasteiger partial charge on any atom is 0.226 e. The van der Waals surface area contributed by atoms with Crippen molar-refractivity contribution < 1.29 is 5.11 Å². The lowest BCUT2D eigenvalue weighted by Gasteiger charge is -2.35. The molecule has 1 fully saturated rings. The number of nitrogens with zero attached hydrogens (tertiary/aromatic N) is 3. The van der Waals surface area contributed by atoms with Crippen molar-refractivity contribution in [3.05, 3.63) is 11.4 Å². The van der Waals surface area contributed by atoms with Crippen LogP contribution in [0.15, 0.2) is 11.4 Å². The average molecular weight is 306 g/mol. The molecule has 0 saturated heterocycles. The Morgan fingerprint density at radius 2 is 2.24 bits per heavy atom. The summed E-state index contributed by atoms with van der Waals surface area (Å²) >= 11 is 1.65. The van der Waals surface area contributed by atoms with E-state index in [1.807, 2.05) is 0 Å². The molecule has 6 heteroatoms. The summed E-state index contributed by atoms with van der Waals surface area (Å²) in [5.41, 5.74) is 0. The number of hydrogen-bond donors (Lipinski definition) is 2. The summed E-state index contributed by atoms with van der Waals surface area (Å²) in [6.07, 6.45) is 2.76. The third kappa shape index (κ3) is 3.11. The highest BCUT2D eigenvalue weighted by Gasteiger charge is 2.28. The van der Waals surface area contributed by atoms with Crippen LogP contribution < -0.4 is 10.2 Å². The summed E-state index contributed by atoms with van der Waals surface area (Å²) < 4.78 is 0. The van der Waals surface area contributed by atoms with Crippen molar-refractivity contribution in [1.82, 2.24) is 9.97 Å². The van der Waals surface area contributed by atoms with Crippen LogP contribution in [-0.2, 0) is 0 Å². The van der Waals surface area contributed by atoms with Gasteiger partial charge in [-0.2, -0.15) is 4.98 Å². The van der Waals surface area contributed by atoms with E-state index in [1.165, 1.54) is 0 Å². The SMILES string of the molecule is CCCNc1nc(N(C)CC2CC(O)C2)c2ccsc2n1. The van der Waals surface area contributed by atoms with Crippen molar-refractivity contribution >= 4 is 33.3 Å². The first kappa shape index (κ1) is 14.5. The predicted molar refractivity (Wildman–Crippen MR) is 88.2 cm³/mol. The third-order valence-electron chi connectivity index (χ3n) is 3.94. The number of aromatic nitrogens is 2.